The Hall–Kier alpha value is -3.63. The van der Waals surface area contributed by atoms with Crippen molar-refractivity contribution in [3.63, 3.8) is 0 Å². The standard InChI is InChI=1S/C27H29F3N4O4/c1-37-26(36)19-4-2-17(3-5-19)23-32-22-21(10-13-31-24(22)33-23)16-11-14-34(15-12-16)25(35)18-6-8-20(9-7-18)38-27(28,29)30/h6-10,13,16-17,19H,2-5,11-12,14-15H2,1H3,(H,31,32,33)/t17-,19-. The zero-order chi connectivity index (χ0) is 26.9. The minimum atomic E-state index is -4.77. The number of aromatic nitrogens is 3. The van der Waals surface area contributed by atoms with Crippen molar-refractivity contribution in [1.29, 1.82) is 0 Å². The predicted molar refractivity (Wildman–Crippen MR) is 132 cm³/mol. The molecule has 0 bridgehead atoms. The highest BCUT2D eigenvalue weighted by Gasteiger charge is 2.32. The highest BCUT2D eigenvalue weighted by Crippen LogP contribution is 2.37. The fraction of sp³-hybridized carbons (Fsp3) is 0.481. The molecule has 0 spiro atoms. The maximum absolute atomic E-state index is 12.9. The lowest BCUT2D eigenvalue weighted by molar-refractivity contribution is -0.274. The number of aromatic amines is 1. The Morgan fingerprint density at radius 2 is 1.66 bits per heavy atom. The number of carbonyl (C=O) groups is 2. The monoisotopic (exact) mass is 530 g/mol. The van der Waals surface area contributed by atoms with Crippen LogP contribution in [0, 0.1) is 5.92 Å². The normalized spacial score (nSPS) is 20.9. The average molecular weight is 531 g/mol. The first-order valence-corrected chi connectivity index (χ1v) is 12.8. The van der Waals surface area contributed by atoms with E-state index in [2.05, 4.69) is 14.7 Å². The van der Waals surface area contributed by atoms with Crippen molar-refractivity contribution in [3.05, 3.63) is 53.5 Å². The summed E-state index contributed by atoms with van der Waals surface area (Å²) in [5, 5.41) is 0. The molecular weight excluding hydrogens is 501 g/mol. The maximum atomic E-state index is 12.9. The summed E-state index contributed by atoms with van der Waals surface area (Å²) in [7, 11) is 1.43. The number of alkyl halides is 3. The number of fused-ring (bicyclic) bond motifs is 1. The van der Waals surface area contributed by atoms with Gasteiger partial charge >= 0.3 is 12.3 Å². The minimum Gasteiger partial charge on any atom is -0.469 e. The summed E-state index contributed by atoms with van der Waals surface area (Å²) in [5.74, 6) is 0.580. The highest BCUT2D eigenvalue weighted by atomic mass is 19.4. The number of nitrogens with zero attached hydrogens (tertiary/aromatic N) is 3. The number of hydrogen-bond acceptors (Lipinski definition) is 6. The van der Waals surface area contributed by atoms with Crippen LogP contribution in [0.1, 0.15) is 72.1 Å². The second-order valence-corrected chi connectivity index (χ2v) is 9.93. The number of H-pyrrole nitrogens is 1. The first-order valence-electron chi connectivity index (χ1n) is 12.8. The van der Waals surface area contributed by atoms with E-state index in [0.717, 1.165) is 73.2 Å². The lowest BCUT2D eigenvalue weighted by Crippen LogP contribution is -2.38. The number of methoxy groups -OCH3 is 1. The van der Waals surface area contributed by atoms with Gasteiger partial charge in [0, 0.05) is 30.8 Å². The number of esters is 1. The van der Waals surface area contributed by atoms with Gasteiger partial charge in [0.25, 0.3) is 5.91 Å². The van der Waals surface area contributed by atoms with Gasteiger partial charge in [0.05, 0.1) is 13.0 Å². The van der Waals surface area contributed by atoms with Crippen molar-refractivity contribution in [2.75, 3.05) is 20.2 Å². The van der Waals surface area contributed by atoms with Gasteiger partial charge in [-0.1, -0.05) is 0 Å². The molecular formula is C27H29F3N4O4. The second-order valence-electron chi connectivity index (χ2n) is 9.93. The van der Waals surface area contributed by atoms with Crippen molar-refractivity contribution in [1.82, 2.24) is 19.9 Å². The molecule has 1 saturated carbocycles. The van der Waals surface area contributed by atoms with Gasteiger partial charge in [0.1, 0.15) is 17.1 Å². The fourth-order valence-corrected chi connectivity index (χ4v) is 5.61. The van der Waals surface area contributed by atoms with Gasteiger partial charge in [0.15, 0.2) is 5.65 Å². The predicted octanol–water partition coefficient (Wildman–Crippen LogP) is 5.32. The van der Waals surface area contributed by atoms with Crippen LogP contribution < -0.4 is 4.74 Å². The Bertz CT molecular complexity index is 1290. The number of nitrogens with one attached hydrogen (secondary N) is 1. The van der Waals surface area contributed by atoms with Crippen molar-refractivity contribution in [3.8, 4) is 5.75 Å². The van der Waals surface area contributed by atoms with Gasteiger partial charge in [-0.05, 0) is 80.3 Å². The minimum absolute atomic E-state index is 0.0478. The molecule has 3 heterocycles. The van der Waals surface area contributed by atoms with Crippen LogP contribution in [0.2, 0.25) is 0 Å². The van der Waals surface area contributed by atoms with Crippen molar-refractivity contribution in [2.45, 2.75) is 56.7 Å². The summed E-state index contributed by atoms with van der Waals surface area (Å²) in [6, 6.07) is 7.00. The molecule has 0 unspecified atom stereocenters. The molecule has 1 aromatic carbocycles. The first-order chi connectivity index (χ1) is 18.2. The molecule has 0 atom stereocenters. The van der Waals surface area contributed by atoms with E-state index in [-0.39, 0.29) is 35.4 Å². The molecule has 2 aromatic heterocycles. The topological polar surface area (TPSA) is 97.4 Å². The van der Waals surface area contributed by atoms with Crippen LogP contribution in [0.3, 0.4) is 0 Å². The molecule has 2 fully saturated rings. The van der Waals surface area contributed by atoms with Crippen LogP contribution in [-0.4, -0.2) is 58.3 Å². The van der Waals surface area contributed by atoms with E-state index in [4.69, 9.17) is 9.72 Å². The van der Waals surface area contributed by atoms with Crippen molar-refractivity contribution >= 4 is 23.0 Å². The van der Waals surface area contributed by atoms with Crippen LogP contribution in [0.15, 0.2) is 36.5 Å². The van der Waals surface area contributed by atoms with Gasteiger partial charge < -0.3 is 19.4 Å². The third-order valence-corrected chi connectivity index (χ3v) is 7.64. The number of carbonyl (C=O) groups excluding carboxylic acids is 2. The van der Waals surface area contributed by atoms with Gasteiger partial charge in [-0.25, -0.2) is 9.97 Å². The number of hydrogen-bond donors (Lipinski definition) is 1. The van der Waals surface area contributed by atoms with Crippen LogP contribution >= 0.6 is 0 Å². The number of halogens is 3. The quantitative estimate of drug-likeness (QED) is 0.449. The lowest BCUT2D eigenvalue weighted by Gasteiger charge is -2.32. The Morgan fingerprint density at radius 3 is 2.29 bits per heavy atom. The number of pyridine rings is 1. The zero-order valence-electron chi connectivity index (χ0n) is 21.0. The smallest absolute Gasteiger partial charge is 0.469 e. The molecule has 202 valence electrons. The summed E-state index contributed by atoms with van der Waals surface area (Å²) >= 11 is 0. The SMILES string of the molecule is COC(=O)[C@H]1CC[C@H](c2nc3c(C4CCN(C(=O)c5ccc(OC(F)(F)F)cc5)CC4)ccnc3[nH]2)CC1. The van der Waals surface area contributed by atoms with Gasteiger partial charge in [-0.2, -0.15) is 0 Å². The molecule has 3 aromatic rings. The molecule has 1 amide bonds. The summed E-state index contributed by atoms with van der Waals surface area (Å²) in [6.45, 7) is 1.06. The highest BCUT2D eigenvalue weighted by molar-refractivity contribution is 5.94. The average Bonchev–Trinajstić information content (AvgIpc) is 3.37. The van der Waals surface area contributed by atoms with E-state index in [1.54, 1.807) is 11.1 Å². The van der Waals surface area contributed by atoms with Crippen molar-refractivity contribution < 1.29 is 32.2 Å². The lowest BCUT2D eigenvalue weighted by atomic mass is 9.81. The Morgan fingerprint density at radius 1 is 0.974 bits per heavy atom. The number of ether oxygens (including phenoxy) is 2. The summed E-state index contributed by atoms with van der Waals surface area (Å²) in [4.78, 5) is 39.3. The Labute approximate surface area is 217 Å². The Kier molecular flexibility index (Phi) is 7.27. The van der Waals surface area contributed by atoms with E-state index in [0.29, 0.717) is 18.7 Å². The fourth-order valence-electron chi connectivity index (χ4n) is 5.61. The largest absolute Gasteiger partial charge is 0.573 e. The zero-order valence-corrected chi connectivity index (χ0v) is 21.0. The van der Waals surface area contributed by atoms with E-state index in [9.17, 15) is 22.8 Å². The molecule has 2 aliphatic rings. The number of amides is 1. The van der Waals surface area contributed by atoms with Crippen LogP contribution in [-0.2, 0) is 9.53 Å². The van der Waals surface area contributed by atoms with E-state index in [1.165, 1.54) is 19.2 Å². The molecule has 38 heavy (non-hydrogen) atoms. The number of rotatable bonds is 5. The summed E-state index contributed by atoms with van der Waals surface area (Å²) < 4.78 is 45.9. The first kappa shape index (κ1) is 26.0. The summed E-state index contributed by atoms with van der Waals surface area (Å²) in [5.41, 5.74) is 3.01. The van der Waals surface area contributed by atoms with Gasteiger partial charge in [-0.3, -0.25) is 9.59 Å². The number of imidazole rings is 1. The number of benzene rings is 1. The molecule has 1 aliphatic heterocycles. The molecule has 0 radical (unpaired) electrons. The van der Waals surface area contributed by atoms with Crippen LogP contribution in [0.4, 0.5) is 13.2 Å². The molecule has 1 N–H and O–H groups in total. The molecule has 11 heteroatoms. The maximum Gasteiger partial charge on any atom is 0.573 e. The number of piperidine rings is 1. The van der Waals surface area contributed by atoms with E-state index < -0.39 is 6.36 Å². The molecule has 8 nitrogen and oxygen atoms in total. The summed E-state index contributed by atoms with van der Waals surface area (Å²) in [6.07, 6.45) is 1.76. The van der Waals surface area contributed by atoms with Crippen LogP contribution in [0.5, 0.6) is 5.75 Å². The molecule has 1 saturated heterocycles. The van der Waals surface area contributed by atoms with Gasteiger partial charge in [-0.15, -0.1) is 13.2 Å². The second kappa shape index (κ2) is 10.6. The van der Waals surface area contributed by atoms with E-state index in [1.807, 2.05) is 6.07 Å². The molecule has 1 aliphatic carbocycles. The van der Waals surface area contributed by atoms with Crippen LogP contribution in [0.25, 0.3) is 11.2 Å². The Balaban J connectivity index is 1.22. The third kappa shape index (κ3) is 5.61. The van der Waals surface area contributed by atoms with E-state index >= 15 is 0 Å². The van der Waals surface area contributed by atoms with Gasteiger partial charge in [0.2, 0.25) is 0 Å². The molecule has 5 rings (SSSR count). The number of likely N-dealkylation sites (tertiary alicyclic amines) is 1. The van der Waals surface area contributed by atoms with Crippen molar-refractivity contribution in [2.24, 2.45) is 5.92 Å². The third-order valence-electron chi connectivity index (χ3n) is 7.64.